The second-order valence-electron chi connectivity index (χ2n) is 18.0. The van der Waals surface area contributed by atoms with Crippen molar-refractivity contribution in [2.24, 2.45) is 0 Å². The first kappa shape index (κ1) is 40.0. The van der Waals surface area contributed by atoms with Gasteiger partial charge in [-0.2, -0.15) is 15.1 Å². The molecule has 54 heavy (non-hydrogen) atoms. The van der Waals surface area contributed by atoms with E-state index in [0.29, 0.717) is 35.6 Å². The fourth-order valence-corrected chi connectivity index (χ4v) is 9.22. The molecule has 2 aliphatic rings. The van der Waals surface area contributed by atoms with Crippen LogP contribution in [0.1, 0.15) is 79.0 Å². The number of rotatable bonds is 13. The van der Waals surface area contributed by atoms with Gasteiger partial charge < -0.3 is 37.8 Å². The molecule has 0 spiro atoms. The van der Waals surface area contributed by atoms with Crippen LogP contribution in [0.5, 0.6) is 17.2 Å². The van der Waals surface area contributed by atoms with Gasteiger partial charge in [-0.05, 0) is 68.9 Å². The molecule has 0 amide bonds. The SMILES string of the molecule is COc1cc(-n2cnc(Nc3nc(N4CCCC4CO[Si](C)(C)C(C)(C)C)c4c(C)nn(C5CC(O[Si](C)(C)C(C)(C)C)C5)c4n3)c2)cc(OC)c1OC. The number of aryl methyl sites for hydroxylation is 1. The summed E-state index contributed by atoms with van der Waals surface area (Å²) in [5.74, 6) is 3.61. The molecular weight excluding hydrogens is 717 g/mol. The summed E-state index contributed by atoms with van der Waals surface area (Å²) < 4.78 is 34.3. The van der Waals surface area contributed by atoms with Crippen LogP contribution in [0.4, 0.5) is 17.6 Å². The van der Waals surface area contributed by atoms with Gasteiger partial charge in [-0.3, -0.25) is 0 Å². The minimum absolute atomic E-state index is 0.133. The Morgan fingerprint density at radius 3 is 2.13 bits per heavy atom. The first-order valence-corrected chi connectivity index (χ1v) is 25.0. The van der Waals surface area contributed by atoms with Gasteiger partial charge >= 0.3 is 0 Å². The summed E-state index contributed by atoms with van der Waals surface area (Å²) >= 11 is 0. The summed E-state index contributed by atoms with van der Waals surface area (Å²) in [4.78, 5) is 17.5. The molecule has 1 atom stereocenters. The summed E-state index contributed by atoms with van der Waals surface area (Å²) in [5.41, 5.74) is 2.57. The molecule has 1 unspecified atom stereocenters. The quantitative estimate of drug-likeness (QED) is 0.131. The van der Waals surface area contributed by atoms with Crippen LogP contribution in [-0.4, -0.2) is 92.6 Å². The Morgan fingerprint density at radius 1 is 0.889 bits per heavy atom. The molecule has 4 aromatic rings. The van der Waals surface area contributed by atoms with Crippen LogP contribution in [0, 0.1) is 6.92 Å². The third-order valence-electron chi connectivity index (χ3n) is 12.3. The van der Waals surface area contributed by atoms with Crippen LogP contribution in [0.15, 0.2) is 24.7 Å². The maximum Gasteiger partial charge on any atom is 0.232 e. The van der Waals surface area contributed by atoms with E-state index in [9.17, 15) is 0 Å². The molecule has 296 valence electrons. The average Bonchev–Trinajstić information content (AvgIpc) is 3.82. The van der Waals surface area contributed by atoms with Crippen molar-refractivity contribution in [2.75, 3.05) is 44.7 Å². The summed E-state index contributed by atoms with van der Waals surface area (Å²) in [7, 11) is 0.973. The number of benzene rings is 1. The first-order valence-electron chi connectivity index (χ1n) is 19.2. The Kier molecular flexibility index (Phi) is 10.9. The highest BCUT2D eigenvalue weighted by atomic mass is 28.4. The zero-order chi connectivity index (χ0) is 39.4. The fourth-order valence-electron chi connectivity index (χ4n) is 6.80. The Bertz CT molecular complexity index is 1930. The van der Waals surface area contributed by atoms with Crippen molar-refractivity contribution in [1.82, 2.24) is 29.3 Å². The molecule has 13 nitrogen and oxygen atoms in total. The second-order valence-corrected chi connectivity index (χ2v) is 27.5. The van der Waals surface area contributed by atoms with Gasteiger partial charge in [-0.15, -0.1) is 0 Å². The van der Waals surface area contributed by atoms with Gasteiger partial charge in [0.1, 0.15) is 12.1 Å². The fraction of sp³-hybridized carbons (Fsp3) is 0.641. The molecule has 4 heterocycles. The van der Waals surface area contributed by atoms with E-state index in [4.69, 9.17) is 43.1 Å². The molecular formula is C39H62N8O5Si2. The van der Waals surface area contributed by atoms with Crippen LogP contribution in [0.25, 0.3) is 16.7 Å². The van der Waals surface area contributed by atoms with Crippen molar-refractivity contribution in [3.05, 3.63) is 30.4 Å². The van der Waals surface area contributed by atoms with Gasteiger partial charge in [0.2, 0.25) is 11.7 Å². The number of fused-ring (bicyclic) bond motifs is 1. The van der Waals surface area contributed by atoms with E-state index in [1.807, 2.05) is 22.9 Å². The van der Waals surface area contributed by atoms with Crippen molar-refractivity contribution in [3.8, 4) is 22.9 Å². The van der Waals surface area contributed by atoms with Crippen molar-refractivity contribution in [1.29, 1.82) is 0 Å². The van der Waals surface area contributed by atoms with E-state index in [0.717, 1.165) is 60.5 Å². The number of methoxy groups -OCH3 is 3. The van der Waals surface area contributed by atoms with Gasteiger partial charge in [0.15, 0.2) is 39.6 Å². The molecule has 1 saturated heterocycles. The number of hydrogen-bond donors (Lipinski definition) is 1. The molecule has 15 heteroatoms. The van der Waals surface area contributed by atoms with E-state index in [1.165, 1.54) is 0 Å². The summed E-state index contributed by atoms with van der Waals surface area (Å²) in [6, 6.07) is 4.17. The van der Waals surface area contributed by atoms with Crippen molar-refractivity contribution in [2.45, 2.75) is 129 Å². The molecule has 6 rings (SSSR count). The molecule has 1 N–H and O–H groups in total. The highest BCUT2D eigenvalue weighted by Crippen LogP contribution is 2.45. The van der Waals surface area contributed by atoms with Crippen LogP contribution in [0.2, 0.25) is 36.3 Å². The lowest BCUT2D eigenvalue weighted by molar-refractivity contribution is 0.0543. The van der Waals surface area contributed by atoms with Crippen LogP contribution < -0.4 is 24.4 Å². The minimum Gasteiger partial charge on any atom is -0.493 e. The van der Waals surface area contributed by atoms with E-state index in [-0.39, 0.29) is 28.3 Å². The number of nitrogens with one attached hydrogen (secondary N) is 1. The zero-order valence-electron chi connectivity index (χ0n) is 35.0. The predicted octanol–water partition coefficient (Wildman–Crippen LogP) is 8.81. The van der Waals surface area contributed by atoms with Crippen LogP contribution in [0.3, 0.4) is 0 Å². The largest absolute Gasteiger partial charge is 0.493 e. The number of nitrogens with zero attached hydrogens (tertiary/aromatic N) is 7. The van der Waals surface area contributed by atoms with E-state index < -0.39 is 16.6 Å². The van der Waals surface area contributed by atoms with Crippen molar-refractivity contribution < 1.29 is 23.1 Å². The molecule has 1 saturated carbocycles. The highest BCUT2D eigenvalue weighted by Gasteiger charge is 2.44. The average molecular weight is 779 g/mol. The monoisotopic (exact) mass is 778 g/mol. The molecule has 3 aromatic heterocycles. The number of hydrogen-bond acceptors (Lipinski definition) is 11. The number of aromatic nitrogens is 6. The van der Waals surface area contributed by atoms with E-state index in [2.05, 4.69) is 89.6 Å². The standard InChI is InChI=1S/C39H62N8O5Si2/c1-25-33-35(46-17-15-16-26(46)23-51-53(11,12)38(2,3)4)42-37(43-36(33)47(44-25)28-18-29(19-28)52-54(13,14)39(5,6)7)41-32-22-45(24-40-32)27-20-30(48-8)34(50-10)31(21-27)49-9/h20-22,24,26,28-29H,15-19,23H2,1-14H3,(H,41,42,43). The third-order valence-corrected chi connectivity index (χ3v) is 21.3. The number of imidazole rings is 1. The predicted molar refractivity (Wildman–Crippen MR) is 220 cm³/mol. The van der Waals surface area contributed by atoms with E-state index >= 15 is 0 Å². The molecule has 0 bridgehead atoms. The van der Waals surface area contributed by atoms with Crippen LogP contribution in [-0.2, 0) is 8.85 Å². The second kappa shape index (κ2) is 14.8. The van der Waals surface area contributed by atoms with Crippen molar-refractivity contribution in [3.63, 3.8) is 0 Å². The third kappa shape index (κ3) is 7.73. The lowest BCUT2D eigenvalue weighted by Gasteiger charge is -2.44. The zero-order valence-corrected chi connectivity index (χ0v) is 37.0. The Labute approximate surface area is 323 Å². The van der Waals surface area contributed by atoms with E-state index in [1.54, 1.807) is 27.7 Å². The molecule has 2 fully saturated rings. The Hall–Kier alpha value is -3.67. The van der Waals surface area contributed by atoms with Gasteiger partial charge in [0.25, 0.3) is 0 Å². The molecule has 1 aliphatic carbocycles. The van der Waals surface area contributed by atoms with Crippen LogP contribution >= 0.6 is 0 Å². The van der Waals surface area contributed by atoms with Gasteiger partial charge in [-0.25, -0.2) is 9.67 Å². The van der Waals surface area contributed by atoms with Gasteiger partial charge in [-0.1, -0.05) is 41.5 Å². The molecule has 1 aliphatic heterocycles. The molecule has 1 aromatic carbocycles. The highest BCUT2D eigenvalue weighted by molar-refractivity contribution is 6.74. The number of anilines is 3. The maximum absolute atomic E-state index is 6.80. The molecule has 0 radical (unpaired) electrons. The van der Waals surface area contributed by atoms with Crippen molar-refractivity contribution >= 4 is 45.3 Å². The Morgan fingerprint density at radius 2 is 1.54 bits per heavy atom. The first-order chi connectivity index (χ1) is 25.3. The minimum atomic E-state index is -1.95. The lowest BCUT2D eigenvalue weighted by Crippen LogP contribution is -2.48. The van der Waals surface area contributed by atoms with Gasteiger partial charge in [0.05, 0.1) is 63.0 Å². The number of ether oxygens (including phenoxy) is 3. The normalized spacial score (nSPS) is 19.7. The topological polar surface area (TPSA) is 123 Å². The van der Waals surface area contributed by atoms with Gasteiger partial charge in [0, 0.05) is 24.8 Å². The summed E-state index contributed by atoms with van der Waals surface area (Å²) in [5, 5.41) is 9.87. The lowest BCUT2D eigenvalue weighted by atomic mass is 9.90. The summed E-state index contributed by atoms with van der Waals surface area (Å²) in [6.07, 6.45) is 7.81. The maximum atomic E-state index is 6.80. The smallest absolute Gasteiger partial charge is 0.232 e. The Balaban J connectivity index is 1.35. The summed E-state index contributed by atoms with van der Waals surface area (Å²) in [6.45, 7) is 26.7.